The van der Waals surface area contributed by atoms with Gasteiger partial charge in [-0.2, -0.15) is 0 Å². The number of carbonyl (C=O) groups excluding carboxylic acids is 1. The van der Waals surface area contributed by atoms with Crippen LogP contribution in [-0.2, 0) is 0 Å². The fourth-order valence-electron chi connectivity index (χ4n) is 2.84. The second-order valence-electron chi connectivity index (χ2n) is 5.23. The van der Waals surface area contributed by atoms with Crippen molar-refractivity contribution >= 4 is 29.1 Å². The summed E-state index contributed by atoms with van der Waals surface area (Å²) in [6.45, 7) is 4.62. The number of carbonyl (C=O) groups is 1. The lowest BCUT2D eigenvalue weighted by Gasteiger charge is -2.23. The minimum absolute atomic E-state index is 0.0204. The van der Waals surface area contributed by atoms with Crippen LogP contribution in [-0.4, -0.2) is 48.7 Å². The molecule has 1 saturated heterocycles. The van der Waals surface area contributed by atoms with Gasteiger partial charge in [0.15, 0.2) is 11.5 Å². The van der Waals surface area contributed by atoms with Crippen molar-refractivity contribution in [1.82, 2.24) is 10.2 Å². The molecule has 0 spiro atoms. The summed E-state index contributed by atoms with van der Waals surface area (Å²) < 4.78 is 5.13. The molecule has 22 heavy (non-hydrogen) atoms. The molecule has 1 amide bonds. The van der Waals surface area contributed by atoms with Gasteiger partial charge in [0.05, 0.1) is 17.2 Å². The highest BCUT2D eigenvalue weighted by Crippen LogP contribution is 2.40. The third-order valence-electron chi connectivity index (χ3n) is 4.00. The number of benzene rings is 1. The summed E-state index contributed by atoms with van der Waals surface area (Å²) >= 11 is 11.9. The van der Waals surface area contributed by atoms with Crippen LogP contribution in [0.25, 0.3) is 0 Å². The van der Waals surface area contributed by atoms with Gasteiger partial charge in [-0.1, -0.05) is 30.1 Å². The van der Waals surface area contributed by atoms with Crippen LogP contribution in [0, 0.1) is 0 Å². The Labute approximate surface area is 140 Å². The van der Waals surface area contributed by atoms with E-state index >= 15 is 0 Å². The molecule has 0 unspecified atom stereocenters. The van der Waals surface area contributed by atoms with Crippen LogP contribution in [0.3, 0.4) is 0 Å². The fraction of sp³-hybridized carbons (Fsp3) is 0.533. The second-order valence-corrected chi connectivity index (χ2v) is 6.05. The number of hydrogen-bond donors (Lipinski definition) is 2. The van der Waals surface area contributed by atoms with Crippen molar-refractivity contribution in [3.8, 4) is 11.5 Å². The molecule has 1 fully saturated rings. The summed E-state index contributed by atoms with van der Waals surface area (Å²) in [7, 11) is 1.39. The number of amides is 1. The van der Waals surface area contributed by atoms with Gasteiger partial charge in [0.2, 0.25) is 0 Å². The zero-order valence-electron chi connectivity index (χ0n) is 12.7. The Kier molecular flexibility index (Phi) is 5.78. The average Bonchev–Trinajstić information content (AvgIpc) is 2.95. The molecule has 1 aromatic rings. The molecule has 5 nitrogen and oxygen atoms in total. The van der Waals surface area contributed by atoms with Gasteiger partial charge in [0, 0.05) is 12.6 Å². The van der Waals surface area contributed by atoms with E-state index in [1.807, 2.05) is 0 Å². The number of ether oxygens (including phenoxy) is 1. The first-order valence-electron chi connectivity index (χ1n) is 7.26. The van der Waals surface area contributed by atoms with Gasteiger partial charge >= 0.3 is 0 Å². The number of hydrogen-bond acceptors (Lipinski definition) is 4. The third kappa shape index (κ3) is 3.42. The van der Waals surface area contributed by atoms with Crippen molar-refractivity contribution in [3.63, 3.8) is 0 Å². The maximum absolute atomic E-state index is 12.4. The lowest BCUT2D eigenvalue weighted by atomic mass is 10.1. The van der Waals surface area contributed by atoms with Crippen LogP contribution >= 0.6 is 23.2 Å². The first kappa shape index (κ1) is 17.2. The number of phenolic OH excluding ortho intramolecular Hbond substituents is 1. The molecule has 0 radical (unpaired) electrons. The minimum Gasteiger partial charge on any atom is -0.505 e. The van der Waals surface area contributed by atoms with E-state index in [2.05, 4.69) is 17.1 Å². The van der Waals surface area contributed by atoms with Gasteiger partial charge in [-0.3, -0.25) is 9.69 Å². The number of aromatic hydroxyl groups is 1. The Morgan fingerprint density at radius 2 is 2.23 bits per heavy atom. The van der Waals surface area contributed by atoms with E-state index in [-0.39, 0.29) is 27.1 Å². The lowest BCUT2D eigenvalue weighted by molar-refractivity contribution is 0.0935. The van der Waals surface area contributed by atoms with E-state index in [1.165, 1.54) is 13.2 Å². The molecular formula is C15H20Cl2N2O3. The molecule has 0 saturated carbocycles. The van der Waals surface area contributed by atoms with Crippen LogP contribution in [0.4, 0.5) is 0 Å². The van der Waals surface area contributed by atoms with Crippen molar-refractivity contribution in [1.29, 1.82) is 0 Å². The number of methoxy groups -OCH3 is 1. The SMILES string of the molecule is CCN1CCC[C@H]1CNC(=O)c1c(O)c(Cl)cc(Cl)c1O[11CH3]. The van der Waals surface area contributed by atoms with Crippen LogP contribution in [0.15, 0.2) is 6.07 Å². The van der Waals surface area contributed by atoms with E-state index < -0.39 is 5.91 Å². The maximum Gasteiger partial charge on any atom is 0.259 e. The Bertz CT molecular complexity index is 566. The number of rotatable bonds is 5. The molecule has 1 aliphatic rings. The van der Waals surface area contributed by atoms with Crippen LogP contribution < -0.4 is 10.1 Å². The zero-order valence-corrected chi connectivity index (χ0v) is 14.2. The van der Waals surface area contributed by atoms with E-state index in [9.17, 15) is 9.90 Å². The molecule has 1 atom stereocenters. The molecule has 1 aromatic carbocycles. The number of phenols is 1. The third-order valence-corrected chi connectivity index (χ3v) is 4.56. The monoisotopic (exact) mass is 345 g/mol. The van der Waals surface area contributed by atoms with Crippen molar-refractivity contribution < 1.29 is 14.6 Å². The number of likely N-dealkylation sites (tertiary alicyclic amines) is 1. The zero-order chi connectivity index (χ0) is 16.3. The molecule has 2 N–H and O–H groups in total. The van der Waals surface area contributed by atoms with Gasteiger partial charge in [-0.05, 0) is 32.0 Å². The van der Waals surface area contributed by atoms with Crippen LogP contribution in [0.2, 0.25) is 10.0 Å². The highest BCUT2D eigenvalue weighted by molar-refractivity contribution is 6.37. The van der Waals surface area contributed by atoms with Crippen molar-refractivity contribution in [2.24, 2.45) is 0 Å². The molecule has 2 rings (SSSR count). The largest absolute Gasteiger partial charge is 0.505 e. The average molecular weight is 346 g/mol. The Balaban J connectivity index is 2.16. The maximum atomic E-state index is 12.4. The fourth-order valence-corrected chi connectivity index (χ4v) is 3.38. The van der Waals surface area contributed by atoms with Gasteiger partial charge in [-0.25, -0.2) is 0 Å². The van der Waals surface area contributed by atoms with E-state index in [0.717, 1.165) is 25.9 Å². The predicted molar refractivity (Wildman–Crippen MR) is 87.3 cm³/mol. The molecule has 1 heterocycles. The van der Waals surface area contributed by atoms with Crippen molar-refractivity contribution in [2.75, 3.05) is 26.7 Å². The molecule has 0 aromatic heterocycles. The van der Waals surface area contributed by atoms with Crippen molar-refractivity contribution in [3.05, 3.63) is 21.7 Å². The smallest absolute Gasteiger partial charge is 0.259 e. The topological polar surface area (TPSA) is 61.8 Å². The number of likely N-dealkylation sites (N-methyl/N-ethyl adjacent to an activating group) is 1. The van der Waals surface area contributed by atoms with E-state index in [4.69, 9.17) is 27.9 Å². The molecule has 0 aliphatic carbocycles. The Morgan fingerprint density at radius 3 is 2.86 bits per heavy atom. The summed E-state index contributed by atoms with van der Waals surface area (Å²) in [5.41, 5.74) is -0.0268. The molecule has 7 heteroatoms. The number of nitrogens with one attached hydrogen (secondary N) is 1. The number of halogens is 2. The van der Waals surface area contributed by atoms with E-state index in [1.54, 1.807) is 0 Å². The van der Waals surface area contributed by atoms with Crippen LogP contribution in [0.1, 0.15) is 30.1 Å². The van der Waals surface area contributed by atoms with Gasteiger partial charge < -0.3 is 15.2 Å². The Morgan fingerprint density at radius 1 is 1.50 bits per heavy atom. The highest BCUT2D eigenvalue weighted by atomic mass is 35.5. The standard InChI is InChI=1S/C15H20Cl2N2O3/c1-3-19-6-4-5-9(19)8-18-15(21)12-13(20)10(16)7-11(17)14(12)22-2/h7,9,20H,3-6,8H2,1-2H3,(H,18,21)/t9-/m0/s1/i2-1. The quantitative estimate of drug-likeness (QED) is 0.861. The summed E-state index contributed by atoms with van der Waals surface area (Å²) in [4.78, 5) is 14.7. The molecular weight excluding hydrogens is 326 g/mol. The number of nitrogens with zero attached hydrogens (tertiary/aromatic N) is 1. The summed E-state index contributed by atoms with van der Waals surface area (Å²) in [5.74, 6) is -0.638. The Hall–Kier alpha value is -1.17. The molecule has 0 bridgehead atoms. The second kappa shape index (κ2) is 7.40. The molecule has 122 valence electrons. The lowest BCUT2D eigenvalue weighted by Crippen LogP contribution is -2.40. The summed E-state index contributed by atoms with van der Waals surface area (Å²) in [5, 5.41) is 13.1. The highest BCUT2D eigenvalue weighted by Gasteiger charge is 2.26. The summed E-state index contributed by atoms with van der Waals surface area (Å²) in [6, 6.07) is 1.67. The van der Waals surface area contributed by atoms with E-state index in [0.29, 0.717) is 12.6 Å². The first-order chi connectivity index (χ1) is 10.5. The minimum atomic E-state index is -0.443. The van der Waals surface area contributed by atoms with Gasteiger partial charge in [-0.15, -0.1) is 0 Å². The van der Waals surface area contributed by atoms with Crippen molar-refractivity contribution in [2.45, 2.75) is 25.8 Å². The summed E-state index contributed by atoms with van der Waals surface area (Å²) in [6.07, 6.45) is 2.18. The molecule has 1 aliphatic heterocycles. The van der Waals surface area contributed by atoms with Gasteiger partial charge in [0.25, 0.3) is 5.91 Å². The predicted octanol–water partition coefficient (Wildman–Crippen LogP) is 2.92. The normalized spacial score (nSPS) is 18.5. The van der Waals surface area contributed by atoms with Crippen LogP contribution in [0.5, 0.6) is 11.5 Å². The first-order valence-corrected chi connectivity index (χ1v) is 8.02. The van der Waals surface area contributed by atoms with Gasteiger partial charge in [0.1, 0.15) is 5.56 Å².